The number of aliphatic hydroxyl groups is 1. The molecule has 5 nitrogen and oxygen atoms in total. The fourth-order valence-corrected chi connectivity index (χ4v) is 2.87. The minimum absolute atomic E-state index is 0.112. The van der Waals surface area contributed by atoms with Crippen LogP contribution in [0.5, 0.6) is 0 Å². The number of hydrogen-bond acceptors (Lipinski definition) is 2. The van der Waals surface area contributed by atoms with Gasteiger partial charge >= 0.3 is 6.03 Å². The molecule has 2 amide bonds. The summed E-state index contributed by atoms with van der Waals surface area (Å²) in [5.74, 6) is -0.249. The van der Waals surface area contributed by atoms with Gasteiger partial charge in [0.25, 0.3) is 0 Å². The van der Waals surface area contributed by atoms with Crippen LogP contribution in [0.2, 0.25) is 0 Å². The molecule has 1 aromatic heterocycles. The molecule has 1 aromatic carbocycles. The van der Waals surface area contributed by atoms with Gasteiger partial charge < -0.3 is 20.3 Å². The van der Waals surface area contributed by atoms with Gasteiger partial charge in [0.05, 0.1) is 6.10 Å². The van der Waals surface area contributed by atoms with E-state index in [1.54, 1.807) is 24.2 Å². The van der Waals surface area contributed by atoms with Gasteiger partial charge in [-0.15, -0.1) is 0 Å². The Hall–Kier alpha value is -2.08. The molecule has 0 unspecified atom stereocenters. The number of carbonyl (C=O) groups is 1. The maximum Gasteiger partial charge on any atom is 0.317 e. The van der Waals surface area contributed by atoms with Crippen LogP contribution in [0.15, 0.2) is 24.4 Å². The fourth-order valence-electron chi connectivity index (χ4n) is 2.87. The maximum atomic E-state index is 13.9. The topological polar surface area (TPSA) is 68.4 Å². The highest BCUT2D eigenvalue weighted by Gasteiger charge is 2.32. The number of carbonyl (C=O) groups excluding carboxylic acids is 1. The molecule has 6 heteroatoms. The number of H-pyrrole nitrogens is 1. The van der Waals surface area contributed by atoms with Crippen LogP contribution < -0.4 is 5.32 Å². The third kappa shape index (κ3) is 2.78. The van der Waals surface area contributed by atoms with Crippen LogP contribution in [-0.2, 0) is 6.42 Å². The minimum Gasteiger partial charge on any atom is -0.393 e. The fraction of sp³-hybridized carbons (Fsp3) is 0.438. The lowest BCUT2D eigenvalue weighted by Crippen LogP contribution is -2.51. The van der Waals surface area contributed by atoms with Gasteiger partial charge in [-0.1, -0.05) is 6.07 Å². The van der Waals surface area contributed by atoms with Crippen LogP contribution in [0.3, 0.4) is 0 Å². The first-order chi connectivity index (χ1) is 10.6. The van der Waals surface area contributed by atoms with Crippen molar-refractivity contribution < 1.29 is 14.3 Å². The van der Waals surface area contributed by atoms with E-state index in [2.05, 4.69) is 10.3 Å². The Labute approximate surface area is 128 Å². The number of nitrogens with one attached hydrogen (secondary N) is 2. The van der Waals surface area contributed by atoms with Crippen LogP contribution >= 0.6 is 0 Å². The zero-order chi connectivity index (χ0) is 15.7. The van der Waals surface area contributed by atoms with Gasteiger partial charge in [-0.05, 0) is 37.0 Å². The third-order valence-electron chi connectivity index (χ3n) is 4.36. The number of rotatable bonds is 4. The molecule has 1 saturated carbocycles. The summed E-state index contributed by atoms with van der Waals surface area (Å²) in [7, 11) is 1.73. The van der Waals surface area contributed by atoms with Crippen molar-refractivity contribution in [2.45, 2.75) is 31.4 Å². The van der Waals surface area contributed by atoms with Crippen LogP contribution in [0, 0.1) is 5.82 Å². The van der Waals surface area contributed by atoms with E-state index < -0.39 is 0 Å². The zero-order valence-electron chi connectivity index (χ0n) is 12.5. The van der Waals surface area contributed by atoms with Crippen molar-refractivity contribution >= 4 is 16.9 Å². The van der Waals surface area contributed by atoms with Crippen molar-refractivity contribution in [3.63, 3.8) is 0 Å². The van der Waals surface area contributed by atoms with Crippen molar-refractivity contribution in [3.05, 3.63) is 35.8 Å². The lowest BCUT2D eigenvalue weighted by Gasteiger charge is -2.38. The Balaban J connectivity index is 1.55. The summed E-state index contributed by atoms with van der Waals surface area (Å²) in [4.78, 5) is 16.7. The summed E-state index contributed by atoms with van der Waals surface area (Å²) in [5, 5.41) is 12.7. The Bertz CT molecular complexity index is 679. The molecule has 22 heavy (non-hydrogen) atoms. The molecule has 0 saturated heterocycles. The molecule has 118 valence electrons. The van der Waals surface area contributed by atoms with Gasteiger partial charge in [0.1, 0.15) is 5.82 Å². The lowest BCUT2D eigenvalue weighted by atomic mass is 9.88. The molecule has 3 rings (SSSR count). The van der Waals surface area contributed by atoms with E-state index in [1.807, 2.05) is 6.07 Å². The van der Waals surface area contributed by atoms with E-state index in [9.17, 15) is 14.3 Å². The van der Waals surface area contributed by atoms with E-state index >= 15 is 0 Å². The minimum atomic E-state index is -0.283. The van der Waals surface area contributed by atoms with Crippen molar-refractivity contribution in [2.24, 2.45) is 0 Å². The summed E-state index contributed by atoms with van der Waals surface area (Å²) in [6, 6.07) is 4.89. The number of aliphatic hydroxyl groups excluding tert-OH is 1. The van der Waals surface area contributed by atoms with Gasteiger partial charge in [-0.3, -0.25) is 0 Å². The maximum absolute atomic E-state index is 13.9. The lowest BCUT2D eigenvalue weighted by molar-refractivity contribution is 0.0260. The predicted octanol–water partition coefficient (Wildman–Crippen LogP) is 2.01. The van der Waals surface area contributed by atoms with Crippen molar-refractivity contribution in [3.8, 4) is 0 Å². The zero-order valence-corrected chi connectivity index (χ0v) is 12.5. The highest BCUT2D eigenvalue weighted by atomic mass is 19.1. The van der Waals surface area contributed by atoms with Gasteiger partial charge in [0.2, 0.25) is 0 Å². The van der Waals surface area contributed by atoms with Crippen LogP contribution in [0.1, 0.15) is 18.4 Å². The summed E-state index contributed by atoms with van der Waals surface area (Å²) >= 11 is 0. The number of amides is 2. The highest BCUT2D eigenvalue weighted by Crippen LogP contribution is 2.24. The quantitative estimate of drug-likeness (QED) is 0.809. The van der Waals surface area contributed by atoms with Crippen LogP contribution in [0.25, 0.3) is 10.9 Å². The number of urea groups is 1. The predicted molar refractivity (Wildman–Crippen MR) is 82.2 cm³/mol. The molecule has 0 spiro atoms. The number of aromatic amines is 1. The van der Waals surface area contributed by atoms with Crippen molar-refractivity contribution in [1.82, 2.24) is 15.2 Å². The van der Waals surface area contributed by atoms with E-state index in [0.717, 1.165) is 11.1 Å². The summed E-state index contributed by atoms with van der Waals surface area (Å²) in [6.45, 7) is 0.444. The third-order valence-corrected chi connectivity index (χ3v) is 4.36. The molecule has 0 radical (unpaired) electrons. The highest BCUT2D eigenvalue weighted by molar-refractivity contribution is 5.83. The van der Waals surface area contributed by atoms with E-state index in [-0.39, 0.29) is 24.0 Å². The molecule has 0 atom stereocenters. The first-order valence-corrected chi connectivity index (χ1v) is 7.49. The number of nitrogens with zero attached hydrogens (tertiary/aromatic N) is 1. The second-order valence-electron chi connectivity index (χ2n) is 5.85. The average molecular weight is 305 g/mol. The molecule has 1 aliphatic carbocycles. The Morgan fingerprint density at radius 2 is 2.27 bits per heavy atom. The number of halogens is 1. The van der Waals surface area contributed by atoms with Crippen LogP contribution in [-0.4, -0.2) is 46.8 Å². The number of hydrogen-bond donors (Lipinski definition) is 3. The first-order valence-electron chi connectivity index (χ1n) is 7.49. The molecule has 1 fully saturated rings. The van der Waals surface area contributed by atoms with Gasteiger partial charge in [-0.25, -0.2) is 9.18 Å². The average Bonchev–Trinajstić information content (AvgIpc) is 2.88. The second kappa shape index (κ2) is 5.96. The Kier molecular flexibility index (Phi) is 4.02. The normalized spacial score (nSPS) is 20.7. The molecule has 1 heterocycles. The van der Waals surface area contributed by atoms with E-state index in [0.29, 0.717) is 31.2 Å². The molecule has 3 N–H and O–H groups in total. The summed E-state index contributed by atoms with van der Waals surface area (Å²) in [6.07, 6.45) is 3.34. The largest absolute Gasteiger partial charge is 0.393 e. The molecular weight excluding hydrogens is 285 g/mol. The summed E-state index contributed by atoms with van der Waals surface area (Å²) < 4.78 is 13.9. The number of benzene rings is 1. The van der Waals surface area contributed by atoms with E-state index in [4.69, 9.17) is 0 Å². The number of aromatic nitrogens is 1. The van der Waals surface area contributed by atoms with Gasteiger partial charge in [0, 0.05) is 36.7 Å². The summed E-state index contributed by atoms with van der Waals surface area (Å²) in [5.41, 5.74) is 1.62. The Morgan fingerprint density at radius 1 is 1.50 bits per heavy atom. The molecule has 2 aromatic rings. The molecule has 0 aliphatic heterocycles. The molecule has 0 bridgehead atoms. The monoisotopic (exact) mass is 305 g/mol. The smallest absolute Gasteiger partial charge is 0.317 e. The van der Waals surface area contributed by atoms with Gasteiger partial charge in [-0.2, -0.15) is 0 Å². The molecule has 1 aliphatic rings. The Morgan fingerprint density at radius 3 is 3.00 bits per heavy atom. The van der Waals surface area contributed by atoms with Crippen molar-refractivity contribution in [2.75, 3.05) is 13.6 Å². The van der Waals surface area contributed by atoms with E-state index in [1.165, 1.54) is 6.07 Å². The SMILES string of the molecule is CN(C(=O)NCCc1c[nH]c2cccc(F)c12)C1CC(O)C1. The first kappa shape index (κ1) is 14.8. The van der Waals surface area contributed by atoms with Gasteiger partial charge in [0.15, 0.2) is 0 Å². The second-order valence-corrected chi connectivity index (χ2v) is 5.85. The molecular formula is C16H20FN3O2. The van der Waals surface area contributed by atoms with Crippen molar-refractivity contribution in [1.29, 1.82) is 0 Å². The van der Waals surface area contributed by atoms with Crippen LogP contribution in [0.4, 0.5) is 9.18 Å². The number of fused-ring (bicyclic) bond motifs is 1. The standard InChI is InChI=1S/C16H20FN3O2/c1-20(11-7-12(21)8-11)16(22)18-6-5-10-9-19-14-4-2-3-13(17)15(10)14/h2-4,9,11-12,19,21H,5-8H2,1H3,(H,18,22).